The Morgan fingerprint density at radius 2 is 2.00 bits per heavy atom. The summed E-state index contributed by atoms with van der Waals surface area (Å²) in [6, 6.07) is 6.28. The standard InChI is InChI=1S/C17H15F3N6S/c1-9(2)22-14(8-27)12-5-6-21-16(26-12)23-10-3-4-11-13(7-10)25-15(24-11)17(18,19)20/h3-8,27H,1-2H3,(H,24,25)(H,21,23,26)/b14-8-. The molecular formula is C17H15F3N6S. The van der Waals surface area contributed by atoms with Crippen LogP contribution in [0.15, 0.2) is 40.9 Å². The van der Waals surface area contributed by atoms with E-state index < -0.39 is 12.0 Å². The first-order chi connectivity index (χ1) is 12.8. The van der Waals surface area contributed by atoms with Gasteiger partial charge in [-0.15, -0.1) is 12.6 Å². The molecule has 0 amide bonds. The maximum Gasteiger partial charge on any atom is 0.449 e. The summed E-state index contributed by atoms with van der Waals surface area (Å²) < 4.78 is 38.3. The molecule has 0 saturated carbocycles. The molecule has 0 aliphatic heterocycles. The lowest BCUT2D eigenvalue weighted by Gasteiger charge is -2.07. The number of alkyl halides is 3. The van der Waals surface area contributed by atoms with Gasteiger partial charge in [0.1, 0.15) is 0 Å². The number of nitrogens with one attached hydrogen (secondary N) is 2. The molecule has 3 aromatic rings. The van der Waals surface area contributed by atoms with E-state index in [-0.39, 0.29) is 17.0 Å². The maximum atomic E-state index is 12.8. The molecule has 0 unspecified atom stereocenters. The molecule has 0 atom stereocenters. The molecule has 0 bridgehead atoms. The van der Waals surface area contributed by atoms with Gasteiger partial charge in [0, 0.05) is 17.6 Å². The van der Waals surface area contributed by atoms with Gasteiger partial charge in [0.25, 0.3) is 0 Å². The fourth-order valence-corrected chi connectivity index (χ4v) is 2.50. The quantitative estimate of drug-likeness (QED) is 0.439. The van der Waals surface area contributed by atoms with Gasteiger partial charge in [0.05, 0.1) is 22.4 Å². The molecule has 6 nitrogen and oxygen atoms in total. The molecular weight excluding hydrogens is 377 g/mol. The monoisotopic (exact) mass is 392 g/mol. The van der Waals surface area contributed by atoms with Gasteiger partial charge >= 0.3 is 6.18 Å². The van der Waals surface area contributed by atoms with Gasteiger partial charge in [-0.2, -0.15) is 13.2 Å². The van der Waals surface area contributed by atoms with E-state index >= 15 is 0 Å². The second kappa shape index (κ2) is 7.39. The van der Waals surface area contributed by atoms with E-state index in [4.69, 9.17) is 0 Å². The Morgan fingerprint density at radius 1 is 1.22 bits per heavy atom. The Balaban J connectivity index is 1.89. The summed E-state index contributed by atoms with van der Waals surface area (Å²) in [5.74, 6) is -0.761. The van der Waals surface area contributed by atoms with E-state index in [0.29, 0.717) is 17.1 Å². The number of aromatic amines is 1. The zero-order valence-electron chi connectivity index (χ0n) is 14.3. The first-order valence-corrected chi connectivity index (χ1v) is 8.31. The predicted molar refractivity (Wildman–Crippen MR) is 102 cm³/mol. The summed E-state index contributed by atoms with van der Waals surface area (Å²) in [6.07, 6.45) is -2.98. The summed E-state index contributed by atoms with van der Waals surface area (Å²) >= 11 is 4.15. The van der Waals surface area contributed by atoms with Crippen LogP contribution >= 0.6 is 12.6 Å². The lowest BCUT2D eigenvalue weighted by atomic mass is 10.3. The summed E-state index contributed by atoms with van der Waals surface area (Å²) in [6.45, 7) is 3.71. The van der Waals surface area contributed by atoms with Gasteiger partial charge in [-0.1, -0.05) is 0 Å². The third-order valence-electron chi connectivity index (χ3n) is 3.39. The Bertz CT molecular complexity index is 1030. The van der Waals surface area contributed by atoms with Gasteiger partial charge in [-0.25, -0.2) is 15.0 Å². The van der Waals surface area contributed by atoms with Crippen molar-refractivity contribution in [3.05, 3.63) is 47.4 Å². The number of thiol groups is 1. The molecule has 10 heteroatoms. The van der Waals surface area contributed by atoms with Crippen LogP contribution < -0.4 is 5.32 Å². The zero-order chi connectivity index (χ0) is 19.6. The summed E-state index contributed by atoms with van der Waals surface area (Å²) in [5, 5.41) is 4.50. The van der Waals surface area contributed by atoms with Gasteiger partial charge in [0.2, 0.25) is 11.8 Å². The topological polar surface area (TPSA) is 78.9 Å². The minimum absolute atomic E-state index is 0.218. The molecule has 140 valence electrons. The molecule has 0 saturated heterocycles. The van der Waals surface area contributed by atoms with Crippen molar-refractivity contribution >= 4 is 46.7 Å². The van der Waals surface area contributed by atoms with Gasteiger partial charge < -0.3 is 10.3 Å². The average Bonchev–Trinajstić information content (AvgIpc) is 3.03. The fraction of sp³-hybridized carbons (Fsp3) is 0.176. The van der Waals surface area contributed by atoms with Crippen molar-refractivity contribution in [1.29, 1.82) is 0 Å². The number of aromatic nitrogens is 4. The number of fused-ring (bicyclic) bond motifs is 1. The van der Waals surface area contributed by atoms with E-state index in [1.807, 2.05) is 13.8 Å². The highest BCUT2D eigenvalue weighted by Gasteiger charge is 2.34. The van der Waals surface area contributed by atoms with Crippen LogP contribution in [0.25, 0.3) is 16.7 Å². The van der Waals surface area contributed by atoms with Crippen LogP contribution in [0.1, 0.15) is 25.4 Å². The molecule has 0 spiro atoms. The summed E-state index contributed by atoms with van der Waals surface area (Å²) in [7, 11) is 0. The second-order valence-electron chi connectivity index (χ2n) is 5.78. The number of aliphatic imine (C=N–C) groups is 1. The smallest absolute Gasteiger partial charge is 0.334 e. The van der Waals surface area contributed by atoms with Crippen LogP contribution in [-0.4, -0.2) is 25.6 Å². The highest BCUT2D eigenvalue weighted by atomic mass is 32.1. The summed E-state index contributed by atoms with van der Waals surface area (Å²) in [4.78, 5) is 18.6. The van der Waals surface area contributed by atoms with Crippen molar-refractivity contribution in [2.45, 2.75) is 20.0 Å². The van der Waals surface area contributed by atoms with Crippen molar-refractivity contribution < 1.29 is 13.2 Å². The van der Waals surface area contributed by atoms with E-state index in [1.165, 1.54) is 17.5 Å². The van der Waals surface area contributed by atoms with E-state index in [2.05, 4.69) is 42.9 Å². The fourth-order valence-electron chi connectivity index (χ4n) is 2.31. The van der Waals surface area contributed by atoms with Gasteiger partial charge in [-0.05, 0) is 43.5 Å². The van der Waals surface area contributed by atoms with Crippen LogP contribution in [0, 0.1) is 0 Å². The van der Waals surface area contributed by atoms with Crippen LogP contribution in [0.4, 0.5) is 24.8 Å². The van der Waals surface area contributed by atoms with Crippen molar-refractivity contribution in [2.75, 3.05) is 5.32 Å². The molecule has 2 heterocycles. The van der Waals surface area contributed by atoms with Crippen molar-refractivity contribution in [2.24, 2.45) is 4.99 Å². The van der Waals surface area contributed by atoms with Crippen molar-refractivity contribution in [3.8, 4) is 0 Å². The Hall–Kier alpha value is -2.88. The third kappa shape index (κ3) is 4.45. The lowest BCUT2D eigenvalue weighted by molar-refractivity contribution is -0.144. The number of imidazole rings is 1. The number of H-pyrrole nitrogens is 1. The molecule has 2 N–H and O–H groups in total. The number of nitrogens with zero attached hydrogens (tertiary/aromatic N) is 4. The zero-order valence-corrected chi connectivity index (χ0v) is 15.2. The van der Waals surface area contributed by atoms with Crippen LogP contribution in [0.2, 0.25) is 0 Å². The molecule has 0 radical (unpaired) electrons. The van der Waals surface area contributed by atoms with E-state index in [9.17, 15) is 13.2 Å². The normalized spacial score (nSPS) is 12.3. The lowest BCUT2D eigenvalue weighted by Crippen LogP contribution is -2.06. The second-order valence-corrected chi connectivity index (χ2v) is 6.04. The molecule has 3 rings (SSSR count). The molecule has 0 fully saturated rings. The molecule has 0 aliphatic carbocycles. The summed E-state index contributed by atoms with van der Waals surface area (Å²) in [5.41, 5.74) is 2.96. The highest BCUT2D eigenvalue weighted by Crippen LogP contribution is 2.29. The molecule has 27 heavy (non-hydrogen) atoms. The van der Waals surface area contributed by atoms with Crippen molar-refractivity contribution in [3.63, 3.8) is 0 Å². The van der Waals surface area contributed by atoms with E-state index in [1.54, 1.807) is 18.3 Å². The third-order valence-corrected chi connectivity index (χ3v) is 3.64. The van der Waals surface area contributed by atoms with Gasteiger partial charge in [0.15, 0.2) is 0 Å². The highest BCUT2D eigenvalue weighted by molar-refractivity contribution is 7.83. The Labute approximate surface area is 158 Å². The predicted octanol–water partition coefficient (Wildman–Crippen LogP) is 4.82. The first-order valence-electron chi connectivity index (χ1n) is 7.80. The number of rotatable bonds is 4. The Morgan fingerprint density at radius 3 is 2.67 bits per heavy atom. The molecule has 1 aromatic carbocycles. The number of hydrogen-bond donors (Lipinski definition) is 3. The minimum atomic E-state index is -4.53. The first kappa shape index (κ1) is 18.9. The van der Waals surface area contributed by atoms with Crippen LogP contribution in [-0.2, 0) is 6.18 Å². The van der Waals surface area contributed by atoms with Crippen molar-refractivity contribution in [1.82, 2.24) is 19.9 Å². The molecule has 0 aliphatic rings. The number of benzene rings is 1. The van der Waals surface area contributed by atoms with Crippen LogP contribution in [0.5, 0.6) is 0 Å². The Kier molecular flexibility index (Phi) is 5.17. The number of hydrogen-bond acceptors (Lipinski definition) is 6. The van der Waals surface area contributed by atoms with Crippen LogP contribution in [0.3, 0.4) is 0 Å². The van der Waals surface area contributed by atoms with E-state index in [0.717, 1.165) is 5.71 Å². The number of halogens is 3. The maximum absolute atomic E-state index is 12.8. The molecule has 2 aromatic heterocycles. The number of anilines is 2. The SMILES string of the molecule is CC(C)=N/C(=C\S)c1ccnc(Nc2ccc3nc(C(F)(F)F)[nH]c3c2)n1. The minimum Gasteiger partial charge on any atom is -0.334 e. The largest absolute Gasteiger partial charge is 0.449 e. The van der Waals surface area contributed by atoms with Gasteiger partial charge in [-0.3, -0.25) is 4.99 Å². The average molecular weight is 392 g/mol.